The SMILES string of the molecule is O=CCC1(O)CC(=O)OC(O)(C(O)C(O)CO)C2(OC1=O)OC2=O. The van der Waals surface area contributed by atoms with Crippen LogP contribution in [-0.4, -0.2) is 85.7 Å². The van der Waals surface area contributed by atoms with Gasteiger partial charge in [0.25, 0.3) is 0 Å². The quantitative estimate of drug-likeness (QED) is 0.181. The molecular weight excluding hydrogens is 336 g/mol. The van der Waals surface area contributed by atoms with Crippen LogP contribution < -0.4 is 0 Å². The number of hydrogen-bond donors (Lipinski definition) is 5. The minimum atomic E-state index is -3.39. The molecule has 134 valence electrons. The number of aliphatic hydroxyl groups is 5. The molecule has 5 atom stereocenters. The lowest BCUT2D eigenvalue weighted by atomic mass is 9.93. The van der Waals surface area contributed by atoms with Gasteiger partial charge in [0.2, 0.25) is 0 Å². The molecule has 2 rings (SSSR count). The van der Waals surface area contributed by atoms with E-state index < -0.39 is 66.7 Å². The fraction of sp³-hybridized carbons (Fsp3) is 0.667. The van der Waals surface area contributed by atoms with E-state index in [0.717, 1.165) is 0 Å². The lowest BCUT2D eigenvalue weighted by Gasteiger charge is -2.38. The molecule has 0 radical (unpaired) electrons. The maximum Gasteiger partial charge on any atom is 0.426 e. The van der Waals surface area contributed by atoms with Gasteiger partial charge in [-0.2, -0.15) is 0 Å². The molecule has 2 heterocycles. The van der Waals surface area contributed by atoms with E-state index in [0.29, 0.717) is 0 Å². The third-order valence-corrected chi connectivity index (χ3v) is 3.63. The van der Waals surface area contributed by atoms with Gasteiger partial charge >= 0.3 is 29.5 Å². The van der Waals surface area contributed by atoms with Gasteiger partial charge < -0.3 is 44.5 Å². The van der Waals surface area contributed by atoms with E-state index in [9.17, 15) is 39.6 Å². The maximum absolute atomic E-state index is 12.0. The molecule has 2 fully saturated rings. The Kier molecular flexibility index (Phi) is 4.37. The van der Waals surface area contributed by atoms with Crippen LogP contribution in [-0.2, 0) is 33.4 Å². The van der Waals surface area contributed by atoms with Gasteiger partial charge in [-0.1, -0.05) is 0 Å². The standard InChI is InChI=1S/C12H14O12/c13-2-1-10(20)3-6(16)22-11(21,7(17)5(15)4-14)12(9(19)24-12)23-8(10)18/h2,5,7,14-15,17,20-21H,1,3-4H2. The first-order chi connectivity index (χ1) is 11.1. The van der Waals surface area contributed by atoms with Crippen molar-refractivity contribution in [1.82, 2.24) is 0 Å². The fourth-order valence-electron chi connectivity index (χ4n) is 2.18. The molecule has 2 saturated heterocycles. The Morgan fingerprint density at radius 3 is 2.12 bits per heavy atom. The van der Waals surface area contributed by atoms with Crippen molar-refractivity contribution in [1.29, 1.82) is 0 Å². The van der Waals surface area contributed by atoms with E-state index in [4.69, 9.17) is 5.11 Å². The number of rotatable bonds is 5. The first-order valence-corrected chi connectivity index (χ1v) is 6.60. The zero-order valence-electron chi connectivity index (χ0n) is 11.9. The molecule has 24 heavy (non-hydrogen) atoms. The molecule has 0 bridgehead atoms. The third kappa shape index (κ3) is 2.53. The summed E-state index contributed by atoms with van der Waals surface area (Å²) in [6.07, 6.45) is -6.55. The molecule has 12 heteroatoms. The number of hydrogen-bond acceptors (Lipinski definition) is 12. The Morgan fingerprint density at radius 2 is 1.67 bits per heavy atom. The second kappa shape index (κ2) is 5.75. The Hall–Kier alpha value is -2.12. The van der Waals surface area contributed by atoms with Crippen molar-refractivity contribution in [2.75, 3.05) is 6.61 Å². The maximum atomic E-state index is 12.0. The summed E-state index contributed by atoms with van der Waals surface area (Å²) in [5.41, 5.74) is -2.68. The van der Waals surface area contributed by atoms with E-state index in [1.807, 2.05) is 0 Å². The summed E-state index contributed by atoms with van der Waals surface area (Å²) in [6.45, 7) is -1.12. The normalized spacial score (nSPS) is 38.3. The zero-order valence-corrected chi connectivity index (χ0v) is 11.9. The number of carbonyl (C=O) groups excluding carboxylic acids is 4. The number of carbonyl (C=O) groups is 4. The first-order valence-electron chi connectivity index (χ1n) is 6.60. The smallest absolute Gasteiger partial charge is 0.421 e. The Bertz CT molecular complexity index is 589. The van der Waals surface area contributed by atoms with E-state index in [2.05, 4.69) is 14.2 Å². The molecule has 2 aliphatic rings. The van der Waals surface area contributed by atoms with Crippen molar-refractivity contribution in [2.45, 2.75) is 42.2 Å². The summed E-state index contributed by atoms with van der Waals surface area (Å²) >= 11 is 0. The Labute approximate surface area is 133 Å². The zero-order chi connectivity index (χ0) is 18.3. The predicted octanol–water partition coefficient (Wildman–Crippen LogP) is -4.55. The van der Waals surface area contributed by atoms with Crippen molar-refractivity contribution in [3.05, 3.63) is 0 Å². The second-order valence-corrected chi connectivity index (χ2v) is 5.34. The van der Waals surface area contributed by atoms with Gasteiger partial charge in [0.1, 0.15) is 12.4 Å². The van der Waals surface area contributed by atoms with Gasteiger partial charge in [-0.3, -0.25) is 4.79 Å². The highest BCUT2D eigenvalue weighted by atomic mass is 16.9. The van der Waals surface area contributed by atoms with Gasteiger partial charge in [-0.25, -0.2) is 9.59 Å². The van der Waals surface area contributed by atoms with E-state index in [-0.39, 0.29) is 6.29 Å². The van der Waals surface area contributed by atoms with Crippen molar-refractivity contribution in [3.8, 4) is 0 Å². The third-order valence-electron chi connectivity index (χ3n) is 3.63. The van der Waals surface area contributed by atoms with Crippen LogP contribution in [0.3, 0.4) is 0 Å². The summed E-state index contributed by atoms with van der Waals surface area (Å²) in [5.74, 6) is -11.1. The number of epoxide rings is 1. The van der Waals surface area contributed by atoms with Gasteiger partial charge in [0, 0.05) is 6.42 Å². The topological polar surface area (TPSA) is 200 Å². The number of cyclic esters (lactones) is 1. The molecular formula is C12H14O12. The molecule has 0 amide bonds. The molecule has 2 aliphatic heterocycles. The van der Waals surface area contributed by atoms with E-state index in [1.165, 1.54) is 0 Å². The van der Waals surface area contributed by atoms with E-state index in [1.54, 1.807) is 0 Å². The molecule has 0 aliphatic carbocycles. The average Bonchev–Trinajstić information content (AvgIpc) is 3.16. The second-order valence-electron chi connectivity index (χ2n) is 5.34. The minimum absolute atomic E-state index is 0.106. The van der Waals surface area contributed by atoms with Crippen LogP contribution in [0.5, 0.6) is 0 Å². The largest absolute Gasteiger partial charge is 0.426 e. The summed E-state index contributed by atoms with van der Waals surface area (Å²) < 4.78 is 13.4. The van der Waals surface area contributed by atoms with Crippen LogP contribution in [0.15, 0.2) is 0 Å². The van der Waals surface area contributed by atoms with Gasteiger partial charge in [-0.15, -0.1) is 0 Å². The molecule has 12 nitrogen and oxygen atoms in total. The van der Waals surface area contributed by atoms with Gasteiger partial charge in [-0.05, 0) is 0 Å². The van der Waals surface area contributed by atoms with Crippen molar-refractivity contribution in [2.24, 2.45) is 0 Å². The van der Waals surface area contributed by atoms with Crippen molar-refractivity contribution in [3.63, 3.8) is 0 Å². The molecule has 0 aromatic rings. The monoisotopic (exact) mass is 350 g/mol. The lowest BCUT2D eigenvalue weighted by molar-refractivity contribution is -0.338. The van der Waals surface area contributed by atoms with E-state index >= 15 is 0 Å². The number of aldehydes is 1. The molecule has 0 saturated carbocycles. The summed E-state index contributed by atoms with van der Waals surface area (Å²) in [7, 11) is 0. The van der Waals surface area contributed by atoms with Crippen LogP contribution in [0.4, 0.5) is 0 Å². The average molecular weight is 350 g/mol. The van der Waals surface area contributed by atoms with Crippen LogP contribution in [0.25, 0.3) is 0 Å². The minimum Gasteiger partial charge on any atom is -0.421 e. The molecule has 0 aromatic heterocycles. The van der Waals surface area contributed by atoms with Gasteiger partial charge in [0.15, 0.2) is 11.7 Å². The molecule has 5 N–H and O–H groups in total. The summed E-state index contributed by atoms with van der Waals surface area (Å²) in [4.78, 5) is 45.9. The Balaban J connectivity index is 2.46. The van der Waals surface area contributed by atoms with Crippen molar-refractivity contribution < 1.29 is 58.9 Å². The number of aliphatic hydroxyl groups excluding tert-OH is 3. The van der Waals surface area contributed by atoms with Crippen LogP contribution in [0.1, 0.15) is 12.8 Å². The van der Waals surface area contributed by atoms with Crippen LogP contribution in [0.2, 0.25) is 0 Å². The van der Waals surface area contributed by atoms with Crippen molar-refractivity contribution >= 4 is 24.2 Å². The summed E-state index contributed by atoms with van der Waals surface area (Å²) in [5, 5.41) is 48.5. The van der Waals surface area contributed by atoms with Gasteiger partial charge in [0.05, 0.1) is 13.0 Å². The molecule has 0 aromatic carbocycles. The number of ether oxygens (including phenoxy) is 3. The molecule has 5 unspecified atom stereocenters. The fourth-order valence-corrected chi connectivity index (χ4v) is 2.18. The van der Waals surface area contributed by atoms with Crippen LogP contribution >= 0.6 is 0 Å². The highest BCUT2D eigenvalue weighted by molar-refractivity contribution is 5.98. The van der Waals surface area contributed by atoms with Crippen LogP contribution in [0, 0.1) is 0 Å². The molecule has 1 spiro atoms. The summed E-state index contributed by atoms with van der Waals surface area (Å²) in [6, 6.07) is 0. The predicted molar refractivity (Wildman–Crippen MR) is 65.3 cm³/mol. The highest BCUT2D eigenvalue weighted by Crippen LogP contribution is 2.47. The first kappa shape index (κ1) is 18.2. The lowest BCUT2D eigenvalue weighted by Crippen LogP contribution is -2.66. The number of esters is 2. The highest BCUT2D eigenvalue weighted by Gasteiger charge is 2.83. The Morgan fingerprint density at radius 1 is 1.08 bits per heavy atom.